The van der Waals surface area contributed by atoms with Crippen molar-refractivity contribution in [2.45, 2.75) is 17.4 Å². The number of ether oxygens (including phenoxy) is 2. The summed E-state index contributed by atoms with van der Waals surface area (Å²) >= 11 is 0. The molecule has 4 amide bonds. The third-order valence-corrected chi connectivity index (χ3v) is 8.46. The van der Waals surface area contributed by atoms with Gasteiger partial charge in [-0.15, -0.1) is 0 Å². The van der Waals surface area contributed by atoms with Gasteiger partial charge in [-0.2, -0.15) is 4.31 Å². The quantitative estimate of drug-likeness (QED) is 0.364. The second kappa shape index (κ2) is 10.4. The SMILES string of the molecule is COc1ccc(NC(=O)CN2C(=O)NC(Cc3c[nH]c4ccccc34)C2=O)cc1S(=O)(=O)N1CCOCC1. The Morgan fingerprint density at radius 3 is 2.68 bits per heavy atom. The van der Waals surface area contributed by atoms with Crippen molar-refractivity contribution in [1.29, 1.82) is 0 Å². The Labute approximate surface area is 218 Å². The molecule has 2 fully saturated rings. The van der Waals surface area contributed by atoms with E-state index in [0.717, 1.165) is 21.4 Å². The lowest BCUT2D eigenvalue weighted by Gasteiger charge is -2.26. The van der Waals surface area contributed by atoms with E-state index in [0.29, 0.717) is 0 Å². The van der Waals surface area contributed by atoms with Gasteiger partial charge in [-0.3, -0.25) is 14.5 Å². The number of aromatic nitrogens is 1. The minimum atomic E-state index is -3.91. The number of carbonyl (C=O) groups is 3. The lowest BCUT2D eigenvalue weighted by molar-refractivity contribution is -0.130. The summed E-state index contributed by atoms with van der Waals surface area (Å²) in [5.74, 6) is -1.04. The summed E-state index contributed by atoms with van der Waals surface area (Å²) in [6, 6.07) is 10.4. The summed E-state index contributed by atoms with van der Waals surface area (Å²) in [5, 5.41) is 6.17. The lowest BCUT2D eigenvalue weighted by atomic mass is 10.1. The Morgan fingerprint density at radius 2 is 1.92 bits per heavy atom. The molecule has 1 unspecified atom stereocenters. The summed E-state index contributed by atoms with van der Waals surface area (Å²) in [6.07, 6.45) is 2.07. The van der Waals surface area contributed by atoms with Crippen molar-refractivity contribution < 1.29 is 32.3 Å². The monoisotopic (exact) mass is 541 g/mol. The van der Waals surface area contributed by atoms with E-state index in [1.165, 1.54) is 29.6 Å². The molecule has 1 atom stereocenters. The number of urea groups is 1. The van der Waals surface area contributed by atoms with Gasteiger partial charge in [0.05, 0.1) is 20.3 Å². The smallest absolute Gasteiger partial charge is 0.325 e. The second-order valence-electron chi connectivity index (χ2n) is 8.92. The number of methoxy groups -OCH3 is 1. The number of benzene rings is 2. The van der Waals surface area contributed by atoms with Gasteiger partial charge in [0, 0.05) is 42.3 Å². The Bertz CT molecular complexity index is 1500. The van der Waals surface area contributed by atoms with Gasteiger partial charge in [-0.1, -0.05) is 18.2 Å². The predicted octanol–water partition coefficient (Wildman–Crippen LogP) is 1.30. The number of morpholine rings is 1. The minimum absolute atomic E-state index is 0.103. The molecule has 38 heavy (non-hydrogen) atoms. The topological polar surface area (TPSA) is 150 Å². The van der Waals surface area contributed by atoms with E-state index in [4.69, 9.17) is 9.47 Å². The largest absolute Gasteiger partial charge is 0.495 e. The van der Waals surface area contributed by atoms with Gasteiger partial charge in [0.25, 0.3) is 5.91 Å². The van der Waals surface area contributed by atoms with Gasteiger partial charge in [-0.25, -0.2) is 13.2 Å². The second-order valence-corrected chi connectivity index (χ2v) is 10.8. The lowest BCUT2D eigenvalue weighted by Crippen LogP contribution is -2.40. The average Bonchev–Trinajstić information content (AvgIpc) is 3.45. The van der Waals surface area contributed by atoms with Crippen LogP contribution in [0.1, 0.15) is 5.56 Å². The number of nitrogens with zero attached hydrogens (tertiary/aromatic N) is 2. The molecule has 0 radical (unpaired) electrons. The number of H-pyrrole nitrogens is 1. The van der Waals surface area contributed by atoms with Crippen molar-refractivity contribution in [3.63, 3.8) is 0 Å². The fraction of sp³-hybridized carbons (Fsp3) is 0.320. The van der Waals surface area contributed by atoms with Crippen molar-refractivity contribution in [3.8, 4) is 5.75 Å². The highest BCUT2D eigenvalue weighted by molar-refractivity contribution is 7.89. The first-order valence-electron chi connectivity index (χ1n) is 12.0. The fourth-order valence-corrected chi connectivity index (χ4v) is 6.20. The molecule has 2 aromatic carbocycles. The first-order valence-corrected chi connectivity index (χ1v) is 13.4. The number of carbonyl (C=O) groups excluding carboxylic acids is 3. The van der Waals surface area contributed by atoms with E-state index in [1.54, 1.807) is 6.20 Å². The highest BCUT2D eigenvalue weighted by atomic mass is 32.2. The minimum Gasteiger partial charge on any atom is -0.495 e. The molecule has 13 heteroatoms. The van der Waals surface area contributed by atoms with Crippen LogP contribution in [0.5, 0.6) is 5.75 Å². The third kappa shape index (κ3) is 4.95. The van der Waals surface area contributed by atoms with E-state index < -0.39 is 40.5 Å². The number of rotatable bonds is 8. The maximum atomic E-state index is 13.2. The summed E-state index contributed by atoms with van der Waals surface area (Å²) < 4.78 is 38.1. The number of sulfonamides is 1. The molecular weight excluding hydrogens is 514 g/mol. The Kier molecular flexibility index (Phi) is 7.06. The van der Waals surface area contributed by atoms with Gasteiger partial charge in [0.15, 0.2) is 0 Å². The predicted molar refractivity (Wildman–Crippen MR) is 137 cm³/mol. The maximum absolute atomic E-state index is 13.2. The van der Waals surface area contributed by atoms with Crippen LogP contribution in [0.2, 0.25) is 0 Å². The Balaban J connectivity index is 1.27. The summed E-state index contributed by atoms with van der Waals surface area (Å²) in [5.41, 5.74) is 1.98. The number of fused-ring (bicyclic) bond motifs is 1. The summed E-state index contributed by atoms with van der Waals surface area (Å²) in [6.45, 7) is 0.449. The molecule has 3 aromatic rings. The molecular formula is C25H27N5O7S. The van der Waals surface area contributed by atoms with Gasteiger partial charge >= 0.3 is 6.03 Å². The van der Waals surface area contributed by atoms with Crippen LogP contribution >= 0.6 is 0 Å². The first kappa shape index (κ1) is 25.7. The standard InChI is InChI=1S/C25H27N5O7S/c1-36-21-7-6-17(13-22(21)38(34,35)29-8-10-37-11-9-29)27-23(31)15-30-24(32)20(28-25(30)33)12-16-14-26-19-5-3-2-4-18(16)19/h2-7,13-14,20,26H,8-12,15H2,1H3,(H,27,31)(H,28,33). The van der Waals surface area contributed by atoms with Crippen molar-refractivity contribution in [2.75, 3.05) is 45.3 Å². The molecule has 2 aliphatic heterocycles. The fourth-order valence-electron chi connectivity index (χ4n) is 4.61. The molecule has 1 aromatic heterocycles. The zero-order valence-corrected chi connectivity index (χ0v) is 21.4. The number of para-hydroxylation sites is 1. The Morgan fingerprint density at radius 1 is 1.16 bits per heavy atom. The van der Waals surface area contributed by atoms with E-state index in [-0.39, 0.29) is 49.1 Å². The van der Waals surface area contributed by atoms with Crippen molar-refractivity contribution in [1.82, 2.24) is 19.5 Å². The number of aromatic amines is 1. The molecule has 0 saturated carbocycles. The number of hydrogen-bond donors (Lipinski definition) is 3. The molecule has 0 spiro atoms. The summed E-state index contributed by atoms with van der Waals surface area (Å²) in [7, 11) is -2.55. The molecule has 5 rings (SSSR count). The number of nitrogens with one attached hydrogen (secondary N) is 3. The van der Waals surface area contributed by atoms with Crippen LogP contribution in [0.15, 0.2) is 53.6 Å². The molecule has 200 valence electrons. The summed E-state index contributed by atoms with van der Waals surface area (Å²) in [4.78, 5) is 42.1. The van der Waals surface area contributed by atoms with Crippen LogP contribution in [0.3, 0.4) is 0 Å². The van der Waals surface area contributed by atoms with Crippen molar-refractivity contribution in [2.24, 2.45) is 0 Å². The van der Waals surface area contributed by atoms with Gasteiger partial charge in [-0.05, 0) is 29.8 Å². The number of anilines is 1. The molecule has 2 saturated heterocycles. The van der Waals surface area contributed by atoms with Crippen LogP contribution in [-0.4, -0.2) is 86.5 Å². The van der Waals surface area contributed by atoms with Gasteiger partial charge < -0.3 is 25.1 Å². The number of hydrogen-bond acceptors (Lipinski definition) is 7. The zero-order valence-electron chi connectivity index (χ0n) is 20.6. The van der Waals surface area contributed by atoms with Crippen LogP contribution in [0, 0.1) is 0 Å². The molecule has 2 aliphatic rings. The van der Waals surface area contributed by atoms with Crippen molar-refractivity contribution in [3.05, 3.63) is 54.2 Å². The van der Waals surface area contributed by atoms with Gasteiger partial charge in [0.1, 0.15) is 23.2 Å². The van der Waals surface area contributed by atoms with Gasteiger partial charge in [0.2, 0.25) is 15.9 Å². The van der Waals surface area contributed by atoms with E-state index in [1.807, 2.05) is 24.3 Å². The molecule has 12 nitrogen and oxygen atoms in total. The Hall–Kier alpha value is -3.94. The van der Waals surface area contributed by atoms with Crippen molar-refractivity contribution >= 4 is 44.5 Å². The van der Waals surface area contributed by atoms with Crippen LogP contribution < -0.4 is 15.4 Å². The number of amides is 4. The van der Waals surface area contributed by atoms with E-state index in [9.17, 15) is 22.8 Å². The molecule has 0 bridgehead atoms. The number of imide groups is 1. The molecule has 0 aliphatic carbocycles. The normalized spacial score (nSPS) is 18.6. The van der Waals surface area contributed by atoms with Crippen LogP contribution in [-0.2, 0) is 30.8 Å². The van der Waals surface area contributed by atoms with E-state index in [2.05, 4.69) is 15.6 Å². The van der Waals surface area contributed by atoms with Crippen LogP contribution in [0.25, 0.3) is 10.9 Å². The average molecular weight is 542 g/mol. The maximum Gasteiger partial charge on any atom is 0.325 e. The first-order chi connectivity index (χ1) is 18.3. The highest BCUT2D eigenvalue weighted by Crippen LogP contribution is 2.30. The molecule has 3 heterocycles. The van der Waals surface area contributed by atoms with Crippen LogP contribution in [0.4, 0.5) is 10.5 Å². The van der Waals surface area contributed by atoms with E-state index >= 15 is 0 Å². The zero-order chi connectivity index (χ0) is 26.9. The molecule has 3 N–H and O–H groups in total. The third-order valence-electron chi connectivity index (χ3n) is 6.54. The highest BCUT2D eigenvalue weighted by Gasteiger charge is 2.39.